The van der Waals surface area contributed by atoms with E-state index in [1.807, 2.05) is 36.4 Å². The zero-order valence-electron chi connectivity index (χ0n) is 21.2. The molecule has 41 heavy (non-hydrogen) atoms. The number of fused-ring (bicyclic) bond motifs is 2. The SMILES string of the molecule is COc1cc(C=Nn2c(-c3cc4ccccc4o3)nc3ccccc3c2=O)cc(I)c1Oc1ccc([N+](=O)[O-])cn1. The summed E-state index contributed by atoms with van der Waals surface area (Å²) in [6.45, 7) is 0. The lowest BCUT2D eigenvalue weighted by atomic mass is 10.2. The summed E-state index contributed by atoms with van der Waals surface area (Å²) in [5.41, 5.74) is 1.31. The Kier molecular flexibility index (Phi) is 6.89. The quantitative estimate of drug-likeness (QED) is 0.0832. The van der Waals surface area contributed by atoms with Gasteiger partial charge < -0.3 is 13.9 Å². The first kappa shape index (κ1) is 26.1. The second-order valence-electron chi connectivity index (χ2n) is 8.71. The maximum Gasteiger partial charge on any atom is 0.287 e. The van der Waals surface area contributed by atoms with Crippen molar-refractivity contribution in [2.24, 2.45) is 5.10 Å². The minimum absolute atomic E-state index is 0.147. The molecule has 0 N–H and O–H groups in total. The Hall–Kier alpha value is -5.11. The molecule has 0 fully saturated rings. The molecule has 3 aromatic heterocycles. The molecule has 0 saturated heterocycles. The topological polar surface area (TPSA) is 135 Å². The molecule has 11 nitrogen and oxygen atoms in total. The van der Waals surface area contributed by atoms with Gasteiger partial charge in [0.25, 0.3) is 11.2 Å². The molecule has 0 spiro atoms. The molecule has 3 aromatic carbocycles. The Balaban J connectivity index is 1.40. The van der Waals surface area contributed by atoms with Gasteiger partial charge in [-0.3, -0.25) is 14.9 Å². The number of furan rings is 1. The number of pyridine rings is 1. The smallest absolute Gasteiger partial charge is 0.287 e. The molecule has 0 bridgehead atoms. The molecule has 202 valence electrons. The second kappa shape index (κ2) is 10.8. The van der Waals surface area contributed by atoms with Gasteiger partial charge in [-0.25, -0.2) is 9.97 Å². The van der Waals surface area contributed by atoms with E-state index in [0.29, 0.717) is 42.9 Å². The van der Waals surface area contributed by atoms with Crippen LogP contribution in [0.2, 0.25) is 0 Å². The molecular formula is C29H18IN5O6. The van der Waals surface area contributed by atoms with Crippen LogP contribution in [0.5, 0.6) is 17.4 Å². The normalized spacial score (nSPS) is 11.4. The summed E-state index contributed by atoms with van der Waals surface area (Å²) in [6.07, 6.45) is 2.63. The minimum Gasteiger partial charge on any atom is -0.493 e. The van der Waals surface area contributed by atoms with Crippen LogP contribution < -0.4 is 15.0 Å². The van der Waals surface area contributed by atoms with Crippen LogP contribution in [0.3, 0.4) is 0 Å². The molecule has 12 heteroatoms. The van der Waals surface area contributed by atoms with Crippen molar-refractivity contribution >= 4 is 56.4 Å². The van der Waals surface area contributed by atoms with Crippen molar-refractivity contribution in [3.05, 3.63) is 115 Å². The fourth-order valence-electron chi connectivity index (χ4n) is 4.17. The highest BCUT2D eigenvalue weighted by Crippen LogP contribution is 2.36. The first-order valence-corrected chi connectivity index (χ1v) is 13.2. The van der Waals surface area contributed by atoms with E-state index in [4.69, 9.17) is 18.9 Å². The molecule has 0 radical (unpaired) electrons. The molecule has 6 rings (SSSR count). The van der Waals surface area contributed by atoms with Gasteiger partial charge in [0, 0.05) is 17.5 Å². The number of ether oxygens (including phenoxy) is 2. The molecule has 0 saturated carbocycles. The number of nitrogens with zero attached hydrogens (tertiary/aromatic N) is 5. The lowest BCUT2D eigenvalue weighted by molar-refractivity contribution is -0.385. The fourth-order valence-corrected chi connectivity index (χ4v) is 4.90. The fraction of sp³-hybridized carbons (Fsp3) is 0.0345. The van der Waals surface area contributed by atoms with Gasteiger partial charge in [-0.15, -0.1) is 0 Å². The third-order valence-corrected chi connectivity index (χ3v) is 6.91. The van der Waals surface area contributed by atoms with Crippen molar-refractivity contribution in [2.45, 2.75) is 0 Å². The van der Waals surface area contributed by atoms with Crippen LogP contribution in [0.4, 0.5) is 5.69 Å². The van der Waals surface area contributed by atoms with Crippen molar-refractivity contribution in [1.29, 1.82) is 0 Å². The lowest BCUT2D eigenvalue weighted by Crippen LogP contribution is -2.20. The standard InChI is InChI=1S/C29H18IN5O6/c1-39-24-13-17(12-21(30)27(24)41-26-11-10-19(16-31-26)35(37)38)15-32-34-28(25-14-18-6-2-5-9-23(18)40-25)33-22-8-4-3-7-20(22)29(34)36/h2-16H,1H3. The number of hydrogen-bond donors (Lipinski definition) is 0. The van der Waals surface area contributed by atoms with E-state index in [2.05, 4.69) is 32.7 Å². The van der Waals surface area contributed by atoms with Gasteiger partial charge in [0.15, 0.2) is 17.3 Å². The lowest BCUT2D eigenvalue weighted by Gasteiger charge is -2.12. The van der Waals surface area contributed by atoms with E-state index in [-0.39, 0.29) is 23.0 Å². The van der Waals surface area contributed by atoms with E-state index >= 15 is 0 Å². The Morgan fingerprint density at radius 3 is 2.63 bits per heavy atom. The van der Waals surface area contributed by atoms with Crippen LogP contribution >= 0.6 is 22.6 Å². The van der Waals surface area contributed by atoms with E-state index in [0.717, 1.165) is 11.6 Å². The predicted molar refractivity (Wildman–Crippen MR) is 161 cm³/mol. The average Bonchev–Trinajstić information content (AvgIpc) is 3.42. The monoisotopic (exact) mass is 659 g/mol. The van der Waals surface area contributed by atoms with Crippen LogP contribution in [-0.2, 0) is 0 Å². The Labute approximate surface area is 245 Å². The predicted octanol–water partition coefficient (Wildman–Crippen LogP) is 6.40. The van der Waals surface area contributed by atoms with E-state index in [1.165, 1.54) is 30.1 Å². The van der Waals surface area contributed by atoms with E-state index in [1.54, 1.807) is 30.3 Å². The molecule has 0 aliphatic carbocycles. The summed E-state index contributed by atoms with van der Waals surface area (Å²) in [6, 6.07) is 22.6. The van der Waals surface area contributed by atoms with Gasteiger partial charge in [0.05, 0.1) is 32.7 Å². The van der Waals surface area contributed by atoms with E-state index < -0.39 is 4.92 Å². The van der Waals surface area contributed by atoms with E-state index in [9.17, 15) is 14.9 Å². The summed E-state index contributed by atoms with van der Waals surface area (Å²) in [5, 5.41) is 16.7. The van der Waals surface area contributed by atoms with Crippen LogP contribution in [-0.4, -0.2) is 32.9 Å². The van der Waals surface area contributed by atoms with Crippen LogP contribution in [0, 0.1) is 13.7 Å². The molecule has 0 atom stereocenters. The highest BCUT2D eigenvalue weighted by Gasteiger charge is 2.17. The second-order valence-corrected chi connectivity index (χ2v) is 9.87. The molecule has 6 aromatic rings. The zero-order chi connectivity index (χ0) is 28.5. The van der Waals surface area contributed by atoms with Gasteiger partial charge in [0.2, 0.25) is 11.7 Å². The molecule has 0 amide bonds. The Morgan fingerprint density at radius 2 is 1.88 bits per heavy atom. The maximum atomic E-state index is 13.5. The number of hydrogen-bond acceptors (Lipinski definition) is 9. The molecular weight excluding hydrogens is 641 g/mol. The van der Waals surface area contributed by atoms with Crippen LogP contribution in [0.1, 0.15) is 5.56 Å². The number of rotatable bonds is 7. The van der Waals surface area contributed by atoms with Gasteiger partial charge >= 0.3 is 0 Å². The summed E-state index contributed by atoms with van der Waals surface area (Å²) in [7, 11) is 1.49. The van der Waals surface area contributed by atoms with Gasteiger partial charge in [0.1, 0.15) is 11.8 Å². The maximum absolute atomic E-state index is 13.5. The van der Waals surface area contributed by atoms with Gasteiger partial charge in [-0.05, 0) is 64.6 Å². The first-order valence-electron chi connectivity index (χ1n) is 12.1. The average molecular weight is 659 g/mol. The van der Waals surface area contributed by atoms with Crippen molar-refractivity contribution in [3.8, 4) is 29.0 Å². The third kappa shape index (κ3) is 5.12. The van der Waals surface area contributed by atoms with Crippen molar-refractivity contribution in [1.82, 2.24) is 14.6 Å². The number of nitro groups is 1. The largest absolute Gasteiger partial charge is 0.493 e. The Morgan fingerprint density at radius 1 is 1.07 bits per heavy atom. The third-order valence-electron chi connectivity index (χ3n) is 6.11. The number of methoxy groups -OCH3 is 1. The summed E-state index contributed by atoms with van der Waals surface area (Å²) < 4.78 is 19.3. The summed E-state index contributed by atoms with van der Waals surface area (Å²) in [4.78, 5) is 32.6. The highest BCUT2D eigenvalue weighted by molar-refractivity contribution is 14.1. The van der Waals surface area contributed by atoms with Crippen LogP contribution in [0.15, 0.2) is 99.4 Å². The first-order chi connectivity index (χ1) is 19.9. The van der Waals surface area contributed by atoms with Gasteiger partial charge in [-0.2, -0.15) is 9.78 Å². The summed E-state index contributed by atoms with van der Waals surface area (Å²) in [5.74, 6) is 1.57. The summed E-state index contributed by atoms with van der Waals surface area (Å²) >= 11 is 2.08. The minimum atomic E-state index is -0.536. The molecule has 0 aliphatic heterocycles. The Bertz CT molecular complexity index is 2000. The van der Waals surface area contributed by atoms with Crippen LogP contribution in [0.25, 0.3) is 33.5 Å². The molecule has 0 aliphatic rings. The zero-order valence-corrected chi connectivity index (χ0v) is 23.4. The molecule has 0 unspecified atom stereocenters. The van der Waals surface area contributed by atoms with Crippen molar-refractivity contribution in [3.63, 3.8) is 0 Å². The van der Waals surface area contributed by atoms with Crippen molar-refractivity contribution in [2.75, 3.05) is 7.11 Å². The van der Waals surface area contributed by atoms with Crippen molar-refractivity contribution < 1.29 is 18.8 Å². The number of halogens is 1. The number of aromatic nitrogens is 3. The number of benzene rings is 3. The van der Waals surface area contributed by atoms with Gasteiger partial charge in [-0.1, -0.05) is 30.3 Å². The highest BCUT2D eigenvalue weighted by atomic mass is 127. The molecule has 3 heterocycles. The number of para-hydroxylation sites is 2.